The van der Waals surface area contributed by atoms with Gasteiger partial charge in [-0.15, -0.1) is 23.1 Å². The first-order valence-electron chi connectivity index (χ1n) is 6.47. The molecule has 0 fully saturated rings. The molecular weight excluding hydrogens is 326 g/mol. The Labute approximate surface area is 137 Å². The number of halogens is 1. The van der Waals surface area contributed by atoms with Crippen molar-refractivity contribution in [2.45, 2.75) is 12.6 Å². The van der Waals surface area contributed by atoms with Gasteiger partial charge < -0.3 is 10.4 Å². The first-order chi connectivity index (χ1) is 10.1. The van der Waals surface area contributed by atoms with Gasteiger partial charge in [-0.25, -0.2) is 0 Å². The predicted octanol–water partition coefficient (Wildman–Crippen LogP) is 3.48. The molecule has 3 nitrogen and oxygen atoms in total. The third kappa shape index (κ3) is 5.71. The summed E-state index contributed by atoms with van der Waals surface area (Å²) in [4.78, 5) is 12.7. The van der Waals surface area contributed by atoms with Gasteiger partial charge in [-0.2, -0.15) is 0 Å². The first kappa shape index (κ1) is 16.4. The van der Waals surface area contributed by atoms with Crippen LogP contribution in [-0.2, 0) is 11.3 Å². The van der Waals surface area contributed by atoms with Crippen LogP contribution in [-0.4, -0.2) is 22.5 Å². The SMILES string of the molecule is O=C(CSCC(O)c1ccccc1)NCc1ccc(Cl)s1. The van der Waals surface area contributed by atoms with Crippen LogP contribution in [0.2, 0.25) is 4.34 Å². The zero-order valence-electron chi connectivity index (χ0n) is 11.3. The lowest BCUT2D eigenvalue weighted by Gasteiger charge is -2.10. The van der Waals surface area contributed by atoms with Crippen molar-refractivity contribution in [3.8, 4) is 0 Å². The zero-order chi connectivity index (χ0) is 15.1. The molecule has 2 N–H and O–H groups in total. The van der Waals surface area contributed by atoms with E-state index in [1.807, 2.05) is 42.5 Å². The first-order valence-corrected chi connectivity index (χ1v) is 8.82. The molecule has 112 valence electrons. The summed E-state index contributed by atoms with van der Waals surface area (Å²) in [6.07, 6.45) is -0.542. The molecule has 1 aromatic heterocycles. The Kier molecular flexibility index (Phi) is 6.57. The molecule has 2 rings (SSSR count). The molecule has 1 atom stereocenters. The minimum atomic E-state index is -0.542. The van der Waals surface area contributed by atoms with Crippen LogP contribution in [0.15, 0.2) is 42.5 Å². The van der Waals surface area contributed by atoms with Crippen LogP contribution in [0.4, 0.5) is 0 Å². The fraction of sp³-hybridized carbons (Fsp3) is 0.267. The van der Waals surface area contributed by atoms with E-state index in [0.717, 1.165) is 14.8 Å². The molecule has 6 heteroatoms. The molecule has 1 aromatic carbocycles. The Morgan fingerprint density at radius 1 is 1.29 bits per heavy atom. The predicted molar refractivity (Wildman–Crippen MR) is 89.9 cm³/mol. The van der Waals surface area contributed by atoms with Crippen molar-refractivity contribution in [2.75, 3.05) is 11.5 Å². The second kappa shape index (κ2) is 8.44. The minimum absolute atomic E-state index is 0.0372. The second-order valence-electron chi connectivity index (χ2n) is 4.42. The number of thioether (sulfide) groups is 1. The maximum absolute atomic E-state index is 11.7. The van der Waals surface area contributed by atoms with Gasteiger partial charge in [-0.05, 0) is 17.7 Å². The minimum Gasteiger partial charge on any atom is -0.388 e. The van der Waals surface area contributed by atoms with Crippen LogP contribution < -0.4 is 5.32 Å². The van der Waals surface area contributed by atoms with E-state index in [2.05, 4.69) is 5.32 Å². The van der Waals surface area contributed by atoms with Crippen molar-refractivity contribution < 1.29 is 9.90 Å². The van der Waals surface area contributed by atoms with Crippen LogP contribution >= 0.6 is 34.7 Å². The fourth-order valence-corrected chi connectivity index (χ4v) is 3.57. The molecule has 1 amide bonds. The molecule has 0 saturated heterocycles. The van der Waals surface area contributed by atoms with Gasteiger partial charge in [0.25, 0.3) is 0 Å². The number of nitrogens with one attached hydrogen (secondary N) is 1. The second-order valence-corrected chi connectivity index (χ2v) is 7.25. The summed E-state index contributed by atoms with van der Waals surface area (Å²) in [7, 11) is 0. The standard InChI is InChI=1S/C15H16ClNO2S2/c16-14-7-6-12(21-14)8-17-15(19)10-20-9-13(18)11-4-2-1-3-5-11/h1-7,13,18H,8-10H2,(H,17,19). The summed E-state index contributed by atoms with van der Waals surface area (Å²) < 4.78 is 0.722. The Morgan fingerprint density at radius 2 is 2.05 bits per heavy atom. The summed E-state index contributed by atoms with van der Waals surface area (Å²) in [6, 6.07) is 13.2. The number of carbonyl (C=O) groups is 1. The molecule has 0 aliphatic carbocycles. The van der Waals surface area contributed by atoms with Gasteiger partial charge >= 0.3 is 0 Å². The molecule has 0 aliphatic rings. The van der Waals surface area contributed by atoms with E-state index in [4.69, 9.17) is 11.6 Å². The molecule has 21 heavy (non-hydrogen) atoms. The van der Waals surface area contributed by atoms with Crippen LogP contribution in [0.25, 0.3) is 0 Å². The lowest BCUT2D eigenvalue weighted by molar-refractivity contribution is -0.118. The van der Waals surface area contributed by atoms with Crippen molar-refractivity contribution in [3.05, 3.63) is 57.2 Å². The van der Waals surface area contributed by atoms with E-state index in [1.54, 1.807) is 0 Å². The highest BCUT2D eigenvalue weighted by Gasteiger charge is 2.09. The number of hydrogen-bond acceptors (Lipinski definition) is 4. The maximum atomic E-state index is 11.7. The van der Waals surface area contributed by atoms with E-state index < -0.39 is 6.10 Å². The van der Waals surface area contributed by atoms with Crippen LogP contribution in [0.3, 0.4) is 0 Å². The number of amides is 1. The molecule has 0 saturated carbocycles. The molecule has 0 aliphatic heterocycles. The molecule has 0 radical (unpaired) electrons. The molecule has 1 unspecified atom stereocenters. The molecule has 2 aromatic rings. The van der Waals surface area contributed by atoms with Crippen LogP contribution in [0.1, 0.15) is 16.5 Å². The van der Waals surface area contributed by atoms with E-state index >= 15 is 0 Å². The maximum Gasteiger partial charge on any atom is 0.230 e. The van der Waals surface area contributed by atoms with Gasteiger partial charge in [0.15, 0.2) is 0 Å². The summed E-state index contributed by atoms with van der Waals surface area (Å²) in [6.45, 7) is 0.498. The monoisotopic (exact) mass is 341 g/mol. The molecular formula is C15H16ClNO2S2. The highest BCUT2D eigenvalue weighted by Crippen LogP contribution is 2.21. The van der Waals surface area contributed by atoms with Gasteiger partial charge in [0.2, 0.25) is 5.91 Å². The van der Waals surface area contributed by atoms with Crippen LogP contribution in [0.5, 0.6) is 0 Å². The van der Waals surface area contributed by atoms with Crippen LogP contribution in [0, 0.1) is 0 Å². The Hall–Kier alpha value is -1.01. The number of benzene rings is 1. The molecule has 0 bridgehead atoms. The lowest BCUT2D eigenvalue weighted by atomic mass is 10.1. The van der Waals surface area contributed by atoms with Gasteiger partial charge in [0, 0.05) is 10.6 Å². The lowest BCUT2D eigenvalue weighted by Crippen LogP contribution is -2.24. The van der Waals surface area contributed by atoms with Gasteiger partial charge in [-0.3, -0.25) is 4.79 Å². The quantitative estimate of drug-likeness (QED) is 0.810. The number of aliphatic hydroxyl groups excluding tert-OH is 1. The third-order valence-corrected chi connectivity index (χ3v) is 5.03. The van der Waals surface area contributed by atoms with Gasteiger partial charge in [0.05, 0.1) is 22.7 Å². The van der Waals surface area contributed by atoms with Crippen molar-refractivity contribution >= 4 is 40.6 Å². The Balaban J connectivity index is 1.65. The largest absolute Gasteiger partial charge is 0.388 e. The highest BCUT2D eigenvalue weighted by atomic mass is 35.5. The fourth-order valence-electron chi connectivity index (χ4n) is 1.72. The van der Waals surface area contributed by atoms with Crippen molar-refractivity contribution in [2.24, 2.45) is 0 Å². The van der Waals surface area contributed by atoms with E-state index in [0.29, 0.717) is 18.1 Å². The van der Waals surface area contributed by atoms with Crippen molar-refractivity contribution in [1.29, 1.82) is 0 Å². The summed E-state index contributed by atoms with van der Waals surface area (Å²) in [5, 5.41) is 12.8. The zero-order valence-corrected chi connectivity index (χ0v) is 13.7. The summed E-state index contributed by atoms with van der Waals surface area (Å²) in [5.41, 5.74) is 0.874. The Morgan fingerprint density at radius 3 is 2.71 bits per heavy atom. The van der Waals surface area contributed by atoms with Gasteiger partial charge in [0.1, 0.15) is 0 Å². The number of carbonyl (C=O) groups excluding carboxylic acids is 1. The number of rotatable bonds is 7. The number of thiophene rings is 1. The van der Waals surface area contributed by atoms with Crippen molar-refractivity contribution in [3.63, 3.8) is 0 Å². The summed E-state index contributed by atoms with van der Waals surface area (Å²) >= 11 is 8.71. The summed E-state index contributed by atoms with van der Waals surface area (Å²) in [5.74, 6) is 0.801. The average molecular weight is 342 g/mol. The van der Waals surface area contributed by atoms with Gasteiger partial charge in [-0.1, -0.05) is 41.9 Å². The smallest absolute Gasteiger partial charge is 0.230 e. The normalized spacial score (nSPS) is 12.1. The van der Waals surface area contributed by atoms with Crippen molar-refractivity contribution in [1.82, 2.24) is 5.32 Å². The topological polar surface area (TPSA) is 49.3 Å². The third-order valence-electron chi connectivity index (χ3n) is 2.78. The molecule has 1 heterocycles. The number of hydrogen-bond donors (Lipinski definition) is 2. The molecule has 0 spiro atoms. The number of aliphatic hydroxyl groups is 1. The Bertz CT molecular complexity index is 574. The average Bonchev–Trinajstić information content (AvgIpc) is 2.91. The van der Waals surface area contributed by atoms with E-state index in [-0.39, 0.29) is 5.91 Å². The van der Waals surface area contributed by atoms with E-state index in [9.17, 15) is 9.90 Å². The van der Waals surface area contributed by atoms with E-state index in [1.165, 1.54) is 23.1 Å². The highest BCUT2D eigenvalue weighted by molar-refractivity contribution is 7.99.